The van der Waals surface area contributed by atoms with E-state index < -0.39 is 22.4 Å². The zero-order chi connectivity index (χ0) is 20.5. The highest BCUT2D eigenvalue weighted by Crippen LogP contribution is 2.36. The summed E-state index contributed by atoms with van der Waals surface area (Å²) in [5.74, 6) is -0.211. The number of piperazine rings is 1. The van der Waals surface area contributed by atoms with Crippen LogP contribution >= 0.6 is 0 Å². The number of halogens is 3. The predicted octanol–water partition coefficient (Wildman–Crippen LogP) is 3.28. The van der Waals surface area contributed by atoms with Crippen LogP contribution in [0, 0.1) is 10.1 Å². The minimum Gasteiger partial charge on any atom is -0.508 e. The van der Waals surface area contributed by atoms with Crippen LogP contribution in [0.4, 0.5) is 24.5 Å². The molecule has 2 aromatic carbocycles. The van der Waals surface area contributed by atoms with Crippen molar-refractivity contribution in [3.63, 3.8) is 0 Å². The lowest BCUT2D eigenvalue weighted by Crippen LogP contribution is -2.49. The van der Waals surface area contributed by atoms with Crippen LogP contribution in [0.1, 0.15) is 15.9 Å². The maximum absolute atomic E-state index is 12.8. The van der Waals surface area contributed by atoms with Crippen molar-refractivity contribution in [1.29, 1.82) is 0 Å². The van der Waals surface area contributed by atoms with Crippen molar-refractivity contribution in [3.05, 3.63) is 63.7 Å². The van der Waals surface area contributed by atoms with Crippen LogP contribution in [0.5, 0.6) is 5.75 Å². The number of alkyl halides is 3. The summed E-state index contributed by atoms with van der Waals surface area (Å²) in [4.78, 5) is 26.0. The van der Waals surface area contributed by atoms with E-state index >= 15 is 0 Å². The summed E-state index contributed by atoms with van der Waals surface area (Å²) in [5.41, 5.74) is -1.21. The fourth-order valence-electron chi connectivity index (χ4n) is 3.05. The van der Waals surface area contributed by atoms with Gasteiger partial charge in [0.15, 0.2) is 0 Å². The van der Waals surface area contributed by atoms with Gasteiger partial charge in [0.05, 0.1) is 10.5 Å². The number of phenolic OH excluding ortho intramolecular Hbond substituents is 1. The molecule has 0 saturated carbocycles. The Kier molecular flexibility index (Phi) is 5.12. The second kappa shape index (κ2) is 7.37. The first-order valence-electron chi connectivity index (χ1n) is 8.35. The molecule has 0 aliphatic carbocycles. The van der Waals surface area contributed by atoms with E-state index in [2.05, 4.69) is 0 Å². The number of rotatable bonds is 3. The number of aromatic hydroxyl groups is 1. The van der Waals surface area contributed by atoms with Gasteiger partial charge in [-0.2, -0.15) is 13.2 Å². The van der Waals surface area contributed by atoms with Gasteiger partial charge >= 0.3 is 6.18 Å². The molecule has 1 aliphatic rings. The predicted molar refractivity (Wildman–Crippen MR) is 94.3 cm³/mol. The molecule has 28 heavy (non-hydrogen) atoms. The van der Waals surface area contributed by atoms with Gasteiger partial charge in [0, 0.05) is 37.8 Å². The first kappa shape index (κ1) is 19.5. The fourth-order valence-corrected chi connectivity index (χ4v) is 3.05. The van der Waals surface area contributed by atoms with Gasteiger partial charge in [-0.3, -0.25) is 14.9 Å². The number of nitro groups is 1. The highest BCUT2D eigenvalue weighted by molar-refractivity contribution is 5.94. The maximum atomic E-state index is 12.8. The van der Waals surface area contributed by atoms with E-state index in [1.807, 2.05) is 0 Å². The molecule has 0 aromatic heterocycles. The van der Waals surface area contributed by atoms with Crippen LogP contribution in [0.25, 0.3) is 0 Å². The number of carbonyl (C=O) groups is 1. The van der Waals surface area contributed by atoms with E-state index in [9.17, 15) is 33.2 Å². The van der Waals surface area contributed by atoms with Crippen LogP contribution < -0.4 is 4.90 Å². The topological polar surface area (TPSA) is 86.9 Å². The van der Waals surface area contributed by atoms with E-state index in [0.29, 0.717) is 11.6 Å². The minimum absolute atomic E-state index is 0.0379. The number of nitrogens with zero attached hydrogens (tertiary/aromatic N) is 3. The molecule has 1 N–H and O–H groups in total. The molecular weight excluding hydrogens is 379 g/mol. The summed E-state index contributed by atoms with van der Waals surface area (Å²) < 4.78 is 38.5. The first-order chi connectivity index (χ1) is 13.2. The van der Waals surface area contributed by atoms with Gasteiger partial charge < -0.3 is 14.9 Å². The van der Waals surface area contributed by atoms with Gasteiger partial charge in [-0.15, -0.1) is 0 Å². The minimum atomic E-state index is -4.67. The molecule has 148 valence electrons. The van der Waals surface area contributed by atoms with Crippen molar-refractivity contribution in [2.45, 2.75) is 6.18 Å². The van der Waals surface area contributed by atoms with Crippen molar-refractivity contribution < 1.29 is 28.0 Å². The molecule has 0 bridgehead atoms. The third-order valence-electron chi connectivity index (χ3n) is 4.52. The first-order valence-corrected chi connectivity index (χ1v) is 8.35. The molecule has 0 radical (unpaired) electrons. The number of hydrogen-bond donors (Lipinski definition) is 1. The Morgan fingerprint density at radius 2 is 1.64 bits per heavy atom. The van der Waals surface area contributed by atoms with Crippen molar-refractivity contribution in [3.8, 4) is 5.75 Å². The van der Waals surface area contributed by atoms with Gasteiger partial charge in [0.1, 0.15) is 11.4 Å². The van der Waals surface area contributed by atoms with E-state index in [-0.39, 0.29) is 43.5 Å². The SMILES string of the molecule is O=C(c1ccc(O)cc1)N1CCN(c2ccc(C(F)(F)F)cc2[N+](=O)[O-])CC1. The van der Waals surface area contributed by atoms with Crippen molar-refractivity contribution in [1.82, 2.24) is 4.90 Å². The second-order valence-electron chi connectivity index (χ2n) is 6.28. The van der Waals surface area contributed by atoms with E-state index in [1.54, 1.807) is 9.80 Å². The number of benzene rings is 2. The summed E-state index contributed by atoms with van der Waals surface area (Å²) in [7, 11) is 0. The van der Waals surface area contributed by atoms with Gasteiger partial charge in [0.2, 0.25) is 0 Å². The summed E-state index contributed by atoms with van der Waals surface area (Å²) in [6.45, 7) is 1.02. The Bertz CT molecular complexity index is 892. The van der Waals surface area contributed by atoms with Gasteiger partial charge in [-0.05, 0) is 36.4 Å². The van der Waals surface area contributed by atoms with E-state index in [1.165, 1.54) is 24.3 Å². The molecule has 7 nitrogen and oxygen atoms in total. The van der Waals surface area contributed by atoms with Gasteiger partial charge in [-0.1, -0.05) is 0 Å². The highest BCUT2D eigenvalue weighted by Gasteiger charge is 2.34. The standard InChI is InChI=1S/C18H16F3N3O4/c19-18(20,21)13-3-6-15(16(11-13)24(27)28)22-7-9-23(10-8-22)17(26)12-1-4-14(25)5-2-12/h1-6,11,25H,7-10H2. The average molecular weight is 395 g/mol. The number of carbonyl (C=O) groups excluding carboxylic acids is 1. The zero-order valence-electron chi connectivity index (χ0n) is 14.5. The number of nitro benzene ring substituents is 1. The van der Waals surface area contributed by atoms with Crippen LogP contribution in [0.3, 0.4) is 0 Å². The maximum Gasteiger partial charge on any atom is 0.416 e. The Labute approximate surface area is 157 Å². The van der Waals surface area contributed by atoms with E-state index in [4.69, 9.17) is 0 Å². The number of phenols is 1. The quantitative estimate of drug-likeness (QED) is 0.637. The fraction of sp³-hybridized carbons (Fsp3) is 0.278. The van der Waals surface area contributed by atoms with Crippen LogP contribution in [0.2, 0.25) is 0 Å². The molecule has 0 atom stereocenters. The van der Waals surface area contributed by atoms with Crippen LogP contribution in [0.15, 0.2) is 42.5 Å². The zero-order valence-corrected chi connectivity index (χ0v) is 14.5. The van der Waals surface area contributed by atoms with Crippen LogP contribution in [-0.2, 0) is 6.18 Å². The van der Waals surface area contributed by atoms with Crippen molar-refractivity contribution >= 4 is 17.3 Å². The smallest absolute Gasteiger partial charge is 0.416 e. The second-order valence-corrected chi connectivity index (χ2v) is 6.28. The molecule has 0 unspecified atom stereocenters. The molecule has 2 aromatic rings. The summed E-state index contributed by atoms with van der Waals surface area (Å²) >= 11 is 0. The number of hydrogen-bond acceptors (Lipinski definition) is 5. The van der Waals surface area contributed by atoms with Crippen molar-refractivity contribution in [2.75, 3.05) is 31.1 Å². The molecule has 1 saturated heterocycles. The van der Waals surface area contributed by atoms with E-state index in [0.717, 1.165) is 12.1 Å². The lowest BCUT2D eigenvalue weighted by atomic mass is 10.1. The number of anilines is 1. The monoisotopic (exact) mass is 395 g/mol. The molecule has 1 aliphatic heterocycles. The third-order valence-corrected chi connectivity index (χ3v) is 4.52. The largest absolute Gasteiger partial charge is 0.508 e. The lowest BCUT2D eigenvalue weighted by molar-refractivity contribution is -0.384. The summed E-state index contributed by atoms with van der Waals surface area (Å²) in [6, 6.07) is 8.22. The Morgan fingerprint density at radius 3 is 2.18 bits per heavy atom. The molecule has 10 heteroatoms. The third kappa shape index (κ3) is 4.00. The molecular formula is C18H16F3N3O4. The summed E-state index contributed by atoms with van der Waals surface area (Å²) in [5, 5.41) is 20.5. The van der Waals surface area contributed by atoms with Gasteiger partial charge in [-0.25, -0.2) is 0 Å². The average Bonchev–Trinajstić information content (AvgIpc) is 2.67. The van der Waals surface area contributed by atoms with Crippen molar-refractivity contribution in [2.24, 2.45) is 0 Å². The molecule has 0 spiro atoms. The molecule has 1 amide bonds. The molecule has 1 heterocycles. The highest BCUT2D eigenvalue weighted by atomic mass is 19.4. The lowest BCUT2D eigenvalue weighted by Gasteiger charge is -2.36. The molecule has 1 fully saturated rings. The Hall–Kier alpha value is -3.30. The van der Waals surface area contributed by atoms with Gasteiger partial charge in [0.25, 0.3) is 11.6 Å². The van der Waals surface area contributed by atoms with Crippen LogP contribution in [-0.4, -0.2) is 47.0 Å². The Balaban J connectivity index is 1.75. The summed E-state index contributed by atoms with van der Waals surface area (Å²) in [6.07, 6.45) is -4.67. The molecule has 3 rings (SSSR count). The Morgan fingerprint density at radius 1 is 1.04 bits per heavy atom. The normalized spacial score (nSPS) is 14.8. The number of amides is 1.